The minimum atomic E-state index is -3.09. The first-order chi connectivity index (χ1) is 7.95. The molecule has 17 heavy (non-hydrogen) atoms. The highest BCUT2D eigenvalue weighted by Crippen LogP contribution is 1.80. The second-order valence-corrected chi connectivity index (χ2v) is 5.79. The molecule has 102 valence electrons. The van der Waals surface area contributed by atoms with Gasteiger partial charge in [-0.15, -0.1) is 0 Å². The van der Waals surface area contributed by atoms with Gasteiger partial charge in [0.25, 0.3) is 0 Å². The fraction of sp³-hybridized carbons (Fsp3) is 0.889. The van der Waals surface area contributed by atoms with Crippen LogP contribution >= 0.6 is 12.2 Å². The molecule has 0 unspecified atom stereocenters. The Bertz CT molecular complexity index is 307. The van der Waals surface area contributed by atoms with Crippen LogP contribution in [0, 0.1) is 0 Å². The van der Waals surface area contributed by atoms with Gasteiger partial charge in [-0.1, -0.05) is 0 Å². The second kappa shape index (κ2) is 9.58. The van der Waals surface area contributed by atoms with Gasteiger partial charge in [0.1, 0.15) is 0 Å². The molecule has 0 aromatic rings. The third-order valence-corrected chi connectivity index (χ3v) is 2.83. The summed E-state index contributed by atoms with van der Waals surface area (Å²) in [6, 6.07) is 0. The summed E-state index contributed by atoms with van der Waals surface area (Å²) in [6.45, 7) is 2.52. The molecule has 0 saturated heterocycles. The Labute approximate surface area is 109 Å². The number of hydrogen-bond donors (Lipinski definition) is 3. The number of ether oxygens (including phenoxy) is 1. The summed E-state index contributed by atoms with van der Waals surface area (Å²) in [6.07, 6.45) is 2.73. The molecule has 8 heteroatoms. The van der Waals surface area contributed by atoms with Crippen molar-refractivity contribution in [3.8, 4) is 0 Å². The number of methoxy groups -OCH3 is 1. The number of thiocarbonyl (C=S) groups is 1. The van der Waals surface area contributed by atoms with E-state index in [0.29, 0.717) is 31.2 Å². The molecule has 0 aromatic heterocycles. The largest absolute Gasteiger partial charge is 0.385 e. The molecule has 0 radical (unpaired) electrons. The molecule has 6 nitrogen and oxygen atoms in total. The van der Waals surface area contributed by atoms with E-state index >= 15 is 0 Å². The van der Waals surface area contributed by atoms with Crippen LogP contribution in [0.25, 0.3) is 0 Å². The summed E-state index contributed by atoms with van der Waals surface area (Å²) in [5.41, 5.74) is 0. The topological polar surface area (TPSA) is 79.5 Å². The third kappa shape index (κ3) is 13.5. The highest BCUT2D eigenvalue weighted by atomic mass is 32.2. The summed E-state index contributed by atoms with van der Waals surface area (Å²) in [5, 5.41) is 6.60. The SMILES string of the molecule is COCCCNC(=S)NCCCNS(C)(=O)=O. The molecule has 0 aliphatic carbocycles. The lowest BCUT2D eigenvalue weighted by Gasteiger charge is -2.10. The maximum absolute atomic E-state index is 10.7. The first-order valence-corrected chi connectivity index (χ1v) is 7.71. The first kappa shape index (κ1) is 16.6. The predicted octanol–water partition coefficient (Wildman–Crippen LogP) is -0.574. The minimum absolute atomic E-state index is 0.415. The van der Waals surface area contributed by atoms with Gasteiger partial charge < -0.3 is 15.4 Å². The van der Waals surface area contributed by atoms with Crippen molar-refractivity contribution in [1.82, 2.24) is 15.4 Å². The van der Waals surface area contributed by atoms with Crippen LogP contribution in [0.3, 0.4) is 0 Å². The quantitative estimate of drug-likeness (QED) is 0.388. The van der Waals surface area contributed by atoms with E-state index < -0.39 is 10.0 Å². The van der Waals surface area contributed by atoms with Crippen molar-refractivity contribution in [3.05, 3.63) is 0 Å². The minimum Gasteiger partial charge on any atom is -0.385 e. The highest BCUT2D eigenvalue weighted by molar-refractivity contribution is 7.88. The van der Waals surface area contributed by atoms with Gasteiger partial charge >= 0.3 is 0 Å². The van der Waals surface area contributed by atoms with Crippen LogP contribution in [-0.2, 0) is 14.8 Å². The standard InChI is InChI=1S/C9H21N3O3S2/c1-15-8-4-6-11-9(16)10-5-3-7-12-17(2,13)14/h12H,3-8H2,1-2H3,(H2,10,11,16). The first-order valence-electron chi connectivity index (χ1n) is 5.41. The van der Waals surface area contributed by atoms with Crippen molar-refractivity contribution in [2.75, 3.05) is 39.6 Å². The zero-order valence-corrected chi connectivity index (χ0v) is 11.9. The van der Waals surface area contributed by atoms with E-state index in [1.807, 2.05) is 0 Å². The Balaban J connectivity index is 3.33. The Kier molecular flexibility index (Phi) is 9.33. The van der Waals surface area contributed by atoms with Gasteiger partial charge in [0.15, 0.2) is 5.11 Å². The van der Waals surface area contributed by atoms with Gasteiger partial charge in [-0.3, -0.25) is 0 Å². The van der Waals surface area contributed by atoms with Crippen molar-refractivity contribution >= 4 is 27.4 Å². The molecule has 0 heterocycles. The molecule has 0 spiro atoms. The van der Waals surface area contributed by atoms with Crippen LogP contribution in [0.1, 0.15) is 12.8 Å². The average molecular weight is 283 g/mol. The van der Waals surface area contributed by atoms with Crippen molar-refractivity contribution in [1.29, 1.82) is 0 Å². The number of nitrogens with one attached hydrogen (secondary N) is 3. The maximum atomic E-state index is 10.7. The summed E-state index contributed by atoms with van der Waals surface area (Å²) >= 11 is 5.02. The molecule has 0 aliphatic heterocycles. The Hall–Kier alpha value is -0.440. The van der Waals surface area contributed by atoms with E-state index in [1.54, 1.807) is 7.11 Å². The predicted molar refractivity (Wildman–Crippen MR) is 72.6 cm³/mol. The lowest BCUT2D eigenvalue weighted by molar-refractivity contribution is 0.195. The molecule has 0 bridgehead atoms. The molecule has 0 amide bonds. The molecule has 0 aromatic carbocycles. The van der Waals surface area contributed by atoms with Crippen LogP contribution in [0.15, 0.2) is 0 Å². The van der Waals surface area contributed by atoms with Crippen molar-refractivity contribution in [3.63, 3.8) is 0 Å². The number of rotatable bonds is 9. The third-order valence-electron chi connectivity index (χ3n) is 1.81. The zero-order chi connectivity index (χ0) is 13.1. The summed E-state index contributed by atoms with van der Waals surface area (Å²) in [5.74, 6) is 0. The molecular weight excluding hydrogens is 262 g/mol. The smallest absolute Gasteiger partial charge is 0.208 e. The van der Waals surface area contributed by atoms with Gasteiger partial charge in [-0.05, 0) is 25.1 Å². The Morgan fingerprint density at radius 3 is 2.29 bits per heavy atom. The van der Waals surface area contributed by atoms with Gasteiger partial charge in [0.2, 0.25) is 10.0 Å². The second-order valence-electron chi connectivity index (χ2n) is 3.55. The summed E-state index contributed by atoms with van der Waals surface area (Å²) in [7, 11) is -1.43. The van der Waals surface area contributed by atoms with Crippen LogP contribution in [0.2, 0.25) is 0 Å². The average Bonchev–Trinajstić information content (AvgIpc) is 2.22. The van der Waals surface area contributed by atoms with Crippen LogP contribution in [-0.4, -0.2) is 53.1 Å². The monoisotopic (exact) mass is 283 g/mol. The van der Waals surface area contributed by atoms with Gasteiger partial charge in [0, 0.05) is 33.4 Å². The van der Waals surface area contributed by atoms with Gasteiger partial charge in [-0.25, -0.2) is 13.1 Å². The van der Waals surface area contributed by atoms with E-state index in [2.05, 4.69) is 15.4 Å². The molecule has 3 N–H and O–H groups in total. The molecule has 0 atom stereocenters. The Morgan fingerprint density at radius 2 is 1.76 bits per heavy atom. The molecule has 0 fully saturated rings. The maximum Gasteiger partial charge on any atom is 0.208 e. The van der Waals surface area contributed by atoms with Gasteiger partial charge in [0.05, 0.1) is 6.26 Å². The van der Waals surface area contributed by atoms with Crippen molar-refractivity contribution in [2.45, 2.75) is 12.8 Å². The van der Waals surface area contributed by atoms with E-state index in [1.165, 1.54) is 0 Å². The van der Waals surface area contributed by atoms with Crippen molar-refractivity contribution < 1.29 is 13.2 Å². The highest BCUT2D eigenvalue weighted by Gasteiger charge is 1.99. The zero-order valence-electron chi connectivity index (χ0n) is 10.3. The van der Waals surface area contributed by atoms with E-state index in [-0.39, 0.29) is 0 Å². The lowest BCUT2D eigenvalue weighted by Crippen LogP contribution is -2.37. The lowest BCUT2D eigenvalue weighted by atomic mass is 10.4. The number of hydrogen-bond acceptors (Lipinski definition) is 4. The molecule has 0 rings (SSSR count). The molecular formula is C9H21N3O3S2. The van der Waals surface area contributed by atoms with E-state index in [4.69, 9.17) is 17.0 Å². The fourth-order valence-corrected chi connectivity index (χ4v) is 1.75. The van der Waals surface area contributed by atoms with Crippen molar-refractivity contribution in [2.24, 2.45) is 0 Å². The van der Waals surface area contributed by atoms with Crippen LogP contribution in [0.4, 0.5) is 0 Å². The van der Waals surface area contributed by atoms with Gasteiger partial charge in [-0.2, -0.15) is 0 Å². The normalized spacial score (nSPS) is 11.2. The van der Waals surface area contributed by atoms with E-state index in [0.717, 1.165) is 19.2 Å². The number of sulfonamides is 1. The summed E-state index contributed by atoms with van der Waals surface area (Å²) in [4.78, 5) is 0. The van der Waals surface area contributed by atoms with E-state index in [9.17, 15) is 8.42 Å². The molecule has 0 saturated carbocycles. The van der Waals surface area contributed by atoms with Crippen LogP contribution < -0.4 is 15.4 Å². The Morgan fingerprint density at radius 1 is 1.18 bits per heavy atom. The van der Waals surface area contributed by atoms with Crippen LogP contribution in [0.5, 0.6) is 0 Å². The summed E-state index contributed by atoms with van der Waals surface area (Å²) < 4.78 is 28.8. The fourth-order valence-electron chi connectivity index (χ4n) is 1.03. The molecule has 0 aliphatic rings.